The molecule has 0 spiro atoms. The number of benzene rings is 1. The fraction of sp³-hybridized carbons (Fsp3) is 0.250. The molecule has 2 heterocycles. The monoisotopic (exact) mass is 319 g/mol. The maximum absolute atomic E-state index is 12.6. The van der Waals surface area contributed by atoms with E-state index in [1.165, 1.54) is 5.41 Å². The van der Waals surface area contributed by atoms with Gasteiger partial charge < -0.3 is 0 Å². The van der Waals surface area contributed by atoms with Crippen LogP contribution in [0.3, 0.4) is 0 Å². The number of hydrogen-bond acceptors (Lipinski definition) is 3. The van der Waals surface area contributed by atoms with Gasteiger partial charge in [-0.05, 0) is 35.9 Å². The fourth-order valence-corrected chi connectivity index (χ4v) is 5.00. The Kier molecular flexibility index (Phi) is 4.24. The van der Waals surface area contributed by atoms with E-state index in [1.54, 1.807) is 21.7 Å². The lowest BCUT2D eigenvalue weighted by molar-refractivity contribution is 0.407. The predicted molar refractivity (Wildman–Crippen MR) is 87.4 cm³/mol. The molecule has 1 aliphatic rings. The summed E-state index contributed by atoms with van der Waals surface area (Å²) in [6.07, 6.45) is 3.49. The van der Waals surface area contributed by atoms with E-state index in [9.17, 15) is 8.42 Å². The van der Waals surface area contributed by atoms with Crippen molar-refractivity contribution >= 4 is 27.4 Å². The third kappa shape index (κ3) is 3.26. The van der Waals surface area contributed by atoms with Gasteiger partial charge in [-0.1, -0.05) is 36.4 Å². The van der Waals surface area contributed by atoms with Gasteiger partial charge in [0.15, 0.2) is 0 Å². The van der Waals surface area contributed by atoms with Crippen LogP contribution in [0.25, 0.3) is 6.08 Å². The summed E-state index contributed by atoms with van der Waals surface area (Å²) < 4.78 is 26.7. The van der Waals surface area contributed by atoms with E-state index in [2.05, 4.69) is 0 Å². The van der Waals surface area contributed by atoms with E-state index in [-0.39, 0.29) is 6.04 Å². The van der Waals surface area contributed by atoms with Gasteiger partial charge in [0.05, 0.1) is 6.04 Å². The van der Waals surface area contributed by atoms with Crippen LogP contribution in [0.1, 0.15) is 29.3 Å². The van der Waals surface area contributed by atoms with Crippen LogP contribution < -0.4 is 0 Å². The summed E-state index contributed by atoms with van der Waals surface area (Å²) >= 11 is 1.62. The molecule has 0 unspecified atom stereocenters. The summed E-state index contributed by atoms with van der Waals surface area (Å²) in [7, 11) is -3.37. The average molecular weight is 319 g/mol. The minimum Gasteiger partial charge on any atom is -0.207 e. The summed E-state index contributed by atoms with van der Waals surface area (Å²) in [6, 6.07) is 13.5. The first-order valence-corrected chi connectivity index (χ1v) is 9.33. The quantitative estimate of drug-likeness (QED) is 0.857. The Bertz CT molecular complexity index is 706. The Labute approximate surface area is 129 Å². The molecule has 0 N–H and O–H groups in total. The van der Waals surface area contributed by atoms with Crippen molar-refractivity contribution in [3.8, 4) is 0 Å². The summed E-state index contributed by atoms with van der Waals surface area (Å²) in [4.78, 5) is 1.13. The zero-order chi connectivity index (χ0) is 14.7. The molecule has 5 heteroatoms. The minimum absolute atomic E-state index is 0.00424. The molecule has 0 amide bonds. The first kappa shape index (κ1) is 14.5. The molecule has 1 saturated heterocycles. The van der Waals surface area contributed by atoms with Gasteiger partial charge in [-0.3, -0.25) is 0 Å². The fourth-order valence-electron chi connectivity index (χ4n) is 2.62. The Morgan fingerprint density at radius 2 is 1.95 bits per heavy atom. The normalized spacial score (nSPS) is 20.3. The van der Waals surface area contributed by atoms with E-state index < -0.39 is 10.0 Å². The van der Waals surface area contributed by atoms with Crippen LogP contribution in [-0.4, -0.2) is 19.3 Å². The minimum atomic E-state index is -3.37. The molecule has 0 radical (unpaired) electrons. The molecule has 0 saturated carbocycles. The second-order valence-electron chi connectivity index (χ2n) is 5.04. The van der Waals surface area contributed by atoms with Gasteiger partial charge in [-0.2, -0.15) is 4.31 Å². The van der Waals surface area contributed by atoms with Crippen molar-refractivity contribution in [3.63, 3.8) is 0 Å². The SMILES string of the molecule is O=S(=O)(/C=C/c1ccccc1)N1CCC[C@@H]1c1cccs1. The van der Waals surface area contributed by atoms with E-state index in [0.717, 1.165) is 23.3 Å². The van der Waals surface area contributed by atoms with Crippen molar-refractivity contribution in [3.05, 3.63) is 63.7 Å². The molecule has 0 aliphatic carbocycles. The lowest BCUT2D eigenvalue weighted by Gasteiger charge is -2.21. The molecule has 1 fully saturated rings. The first-order valence-electron chi connectivity index (χ1n) is 6.95. The maximum atomic E-state index is 12.6. The molecule has 2 aromatic rings. The highest BCUT2D eigenvalue weighted by Gasteiger charge is 2.34. The topological polar surface area (TPSA) is 37.4 Å². The first-order chi connectivity index (χ1) is 10.2. The van der Waals surface area contributed by atoms with E-state index in [1.807, 2.05) is 47.8 Å². The number of thiophene rings is 1. The Balaban J connectivity index is 1.83. The number of sulfonamides is 1. The van der Waals surface area contributed by atoms with Gasteiger partial charge in [0, 0.05) is 16.8 Å². The second kappa shape index (κ2) is 6.13. The number of hydrogen-bond donors (Lipinski definition) is 0. The molecule has 3 rings (SSSR count). The van der Waals surface area contributed by atoms with Crippen molar-refractivity contribution < 1.29 is 8.42 Å². The molecule has 1 aromatic carbocycles. The predicted octanol–water partition coefficient (Wildman–Crippen LogP) is 3.89. The summed E-state index contributed by atoms with van der Waals surface area (Å²) in [5.41, 5.74) is 0.896. The van der Waals surface area contributed by atoms with Crippen molar-refractivity contribution in [1.82, 2.24) is 4.31 Å². The highest BCUT2D eigenvalue weighted by molar-refractivity contribution is 7.92. The molecule has 1 atom stereocenters. The van der Waals surface area contributed by atoms with Gasteiger partial charge in [-0.15, -0.1) is 11.3 Å². The Morgan fingerprint density at radius 3 is 2.67 bits per heavy atom. The molecular weight excluding hydrogens is 302 g/mol. The van der Waals surface area contributed by atoms with Crippen molar-refractivity contribution in [2.45, 2.75) is 18.9 Å². The highest BCUT2D eigenvalue weighted by atomic mass is 32.2. The molecule has 0 bridgehead atoms. The van der Waals surface area contributed by atoms with Crippen LogP contribution >= 0.6 is 11.3 Å². The number of rotatable bonds is 4. The largest absolute Gasteiger partial charge is 0.236 e. The standard InChI is InChI=1S/C16H17NO2S2/c18-21(19,13-10-14-6-2-1-3-7-14)17-11-4-8-15(17)16-9-5-12-20-16/h1-3,5-7,9-10,12-13,15H,4,8,11H2/b13-10+/t15-/m1/s1. The lowest BCUT2D eigenvalue weighted by atomic mass is 10.2. The molecular formula is C16H17NO2S2. The number of nitrogens with zero attached hydrogens (tertiary/aromatic N) is 1. The third-order valence-electron chi connectivity index (χ3n) is 3.63. The Morgan fingerprint density at radius 1 is 1.14 bits per heavy atom. The van der Waals surface area contributed by atoms with Crippen LogP contribution in [0.4, 0.5) is 0 Å². The van der Waals surface area contributed by atoms with E-state index in [4.69, 9.17) is 0 Å². The molecule has 1 aromatic heterocycles. The summed E-state index contributed by atoms with van der Waals surface area (Å²) in [5, 5.41) is 3.33. The molecule has 21 heavy (non-hydrogen) atoms. The van der Waals surface area contributed by atoms with Crippen molar-refractivity contribution in [2.75, 3.05) is 6.54 Å². The van der Waals surface area contributed by atoms with Crippen LogP contribution in [0, 0.1) is 0 Å². The van der Waals surface area contributed by atoms with E-state index >= 15 is 0 Å². The third-order valence-corrected chi connectivity index (χ3v) is 6.18. The van der Waals surface area contributed by atoms with Crippen LogP contribution in [0.15, 0.2) is 53.3 Å². The van der Waals surface area contributed by atoms with Crippen molar-refractivity contribution in [2.24, 2.45) is 0 Å². The zero-order valence-corrected chi connectivity index (χ0v) is 13.2. The van der Waals surface area contributed by atoms with Gasteiger partial charge in [0.1, 0.15) is 0 Å². The van der Waals surface area contributed by atoms with Crippen LogP contribution in [0.5, 0.6) is 0 Å². The van der Waals surface area contributed by atoms with Gasteiger partial charge in [0.2, 0.25) is 10.0 Å². The summed E-state index contributed by atoms with van der Waals surface area (Å²) in [6.45, 7) is 0.601. The smallest absolute Gasteiger partial charge is 0.207 e. The molecule has 110 valence electrons. The maximum Gasteiger partial charge on any atom is 0.236 e. The highest BCUT2D eigenvalue weighted by Crippen LogP contribution is 2.36. The van der Waals surface area contributed by atoms with Crippen LogP contribution in [-0.2, 0) is 10.0 Å². The summed E-state index contributed by atoms with van der Waals surface area (Å²) in [5.74, 6) is 0. The van der Waals surface area contributed by atoms with E-state index in [0.29, 0.717) is 6.54 Å². The molecule has 3 nitrogen and oxygen atoms in total. The lowest BCUT2D eigenvalue weighted by Crippen LogP contribution is -2.28. The van der Waals surface area contributed by atoms with Gasteiger partial charge in [-0.25, -0.2) is 8.42 Å². The van der Waals surface area contributed by atoms with Crippen molar-refractivity contribution in [1.29, 1.82) is 0 Å². The van der Waals surface area contributed by atoms with Gasteiger partial charge in [0.25, 0.3) is 0 Å². The van der Waals surface area contributed by atoms with Crippen LogP contribution in [0.2, 0.25) is 0 Å². The molecule has 1 aliphatic heterocycles. The second-order valence-corrected chi connectivity index (χ2v) is 7.79. The zero-order valence-electron chi connectivity index (χ0n) is 11.6. The average Bonchev–Trinajstić information content (AvgIpc) is 3.16. The van der Waals surface area contributed by atoms with Gasteiger partial charge >= 0.3 is 0 Å². The Hall–Kier alpha value is -1.43.